The maximum absolute atomic E-state index is 13.0. The van der Waals surface area contributed by atoms with Gasteiger partial charge in [0.2, 0.25) is 0 Å². The van der Waals surface area contributed by atoms with Gasteiger partial charge < -0.3 is 15.0 Å². The normalized spacial score (nSPS) is 15.6. The van der Waals surface area contributed by atoms with Crippen LogP contribution in [0.1, 0.15) is 71.8 Å². The van der Waals surface area contributed by atoms with E-state index in [1.807, 2.05) is 30.3 Å². The van der Waals surface area contributed by atoms with Crippen molar-refractivity contribution in [1.82, 2.24) is 9.88 Å². The molecule has 1 atom stereocenters. The van der Waals surface area contributed by atoms with Crippen molar-refractivity contribution in [3.05, 3.63) is 70.4 Å². The fraction of sp³-hybridized carbons (Fsp3) is 0.429. The van der Waals surface area contributed by atoms with Crippen LogP contribution < -0.4 is 5.32 Å². The number of benzene rings is 2. The van der Waals surface area contributed by atoms with Gasteiger partial charge in [-0.3, -0.25) is 4.79 Å². The van der Waals surface area contributed by atoms with Gasteiger partial charge in [0.25, 0.3) is 5.91 Å². The predicted molar refractivity (Wildman–Crippen MR) is 131 cm³/mol. The molecule has 1 aromatic heterocycles. The Morgan fingerprint density at radius 1 is 1.27 bits per heavy atom. The van der Waals surface area contributed by atoms with Crippen molar-refractivity contribution in [3.8, 4) is 6.07 Å². The third-order valence-corrected chi connectivity index (χ3v) is 6.83. The molecule has 0 fully saturated rings. The van der Waals surface area contributed by atoms with E-state index in [2.05, 4.69) is 35.0 Å². The monoisotopic (exact) mass is 443 g/mol. The lowest BCUT2D eigenvalue weighted by Crippen LogP contribution is -2.27. The smallest absolute Gasteiger partial charge is 0.253 e. The molecule has 1 amide bonds. The van der Waals surface area contributed by atoms with Gasteiger partial charge in [0.1, 0.15) is 0 Å². The molecule has 4 rings (SSSR count). The molecule has 3 aromatic rings. The molecular formula is C28H33N3O2. The zero-order valence-corrected chi connectivity index (χ0v) is 19.4. The summed E-state index contributed by atoms with van der Waals surface area (Å²) in [5.74, 6) is 0.503. The molecule has 5 nitrogen and oxygen atoms in total. The molecule has 1 aliphatic rings. The van der Waals surface area contributed by atoms with Crippen LogP contribution >= 0.6 is 0 Å². The van der Waals surface area contributed by atoms with Crippen molar-refractivity contribution in [2.45, 2.75) is 58.4 Å². The van der Waals surface area contributed by atoms with E-state index in [9.17, 15) is 15.2 Å². The van der Waals surface area contributed by atoms with Crippen molar-refractivity contribution >= 4 is 16.8 Å². The molecule has 2 aromatic carbocycles. The number of amides is 1. The van der Waals surface area contributed by atoms with Crippen LogP contribution in [-0.4, -0.2) is 28.7 Å². The number of nitriles is 1. The zero-order valence-electron chi connectivity index (χ0n) is 19.4. The molecule has 5 heteroatoms. The summed E-state index contributed by atoms with van der Waals surface area (Å²) in [5, 5.41) is 22.6. The predicted octanol–water partition coefficient (Wildman–Crippen LogP) is 4.97. The molecule has 0 radical (unpaired) electrons. The molecule has 2 N–H and O–H groups in total. The minimum atomic E-state index is -0.156. The van der Waals surface area contributed by atoms with Crippen LogP contribution in [0.25, 0.3) is 10.9 Å². The van der Waals surface area contributed by atoms with Crippen LogP contribution in [0.5, 0.6) is 0 Å². The molecule has 33 heavy (non-hydrogen) atoms. The van der Waals surface area contributed by atoms with Crippen LogP contribution in [0.15, 0.2) is 42.5 Å². The van der Waals surface area contributed by atoms with Gasteiger partial charge in [-0.05, 0) is 60.9 Å². The number of aliphatic hydroxyl groups excluding tert-OH is 1. The lowest BCUT2D eigenvalue weighted by Gasteiger charge is -2.18. The van der Waals surface area contributed by atoms with Crippen LogP contribution in [-0.2, 0) is 19.4 Å². The quantitative estimate of drug-likeness (QED) is 0.483. The molecule has 0 saturated heterocycles. The van der Waals surface area contributed by atoms with Gasteiger partial charge in [0, 0.05) is 24.2 Å². The number of nitrogens with one attached hydrogen (secondary N) is 1. The summed E-state index contributed by atoms with van der Waals surface area (Å²) < 4.78 is 2.33. The largest absolute Gasteiger partial charge is 0.395 e. The van der Waals surface area contributed by atoms with E-state index < -0.39 is 0 Å². The van der Waals surface area contributed by atoms with Crippen LogP contribution in [0.3, 0.4) is 0 Å². The molecule has 1 unspecified atom stereocenters. The lowest BCUT2D eigenvalue weighted by atomic mass is 9.94. The minimum Gasteiger partial charge on any atom is -0.395 e. The zero-order chi connectivity index (χ0) is 23.2. The van der Waals surface area contributed by atoms with Crippen molar-refractivity contribution in [2.24, 2.45) is 5.92 Å². The summed E-state index contributed by atoms with van der Waals surface area (Å²) >= 11 is 0. The van der Waals surface area contributed by atoms with Crippen LogP contribution in [0.4, 0.5) is 0 Å². The highest BCUT2D eigenvalue weighted by atomic mass is 16.3. The van der Waals surface area contributed by atoms with Gasteiger partial charge in [-0.25, -0.2) is 0 Å². The van der Waals surface area contributed by atoms with E-state index in [0.29, 0.717) is 23.6 Å². The summed E-state index contributed by atoms with van der Waals surface area (Å²) in [7, 11) is 0. The van der Waals surface area contributed by atoms with E-state index in [1.54, 1.807) is 0 Å². The van der Waals surface area contributed by atoms with Crippen LogP contribution in [0.2, 0.25) is 0 Å². The summed E-state index contributed by atoms with van der Waals surface area (Å²) in [5.41, 5.74) is 6.04. The molecule has 0 bridgehead atoms. The second kappa shape index (κ2) is 10.7. The van der Waals surface area contributed by atoms with Crippen molar-refractivity contribution < 1.29 is 9.90 Å². The van der Waals surface area contributed by atoms with Crippen molar-refractivity contribution in [1.29, 1.82) is 5.26 Å². The molecule has 172 valence electrons. The Morgan fingerprint density at radius 3 is 2.91 bits per heavy atom. The van der Waals surface area contributed by atoms with Crippen molar-refractivity contribution in [2.75, 3.05) is 13.2 Å². The standard InChI is InChI=1S/C28H33N3O2/c1-2-3-7-20-8-5-11-23-24-12-6-13-25(28(33)30-14-15-32)27(24)31(26(23)17-20)19-22-10-4-9-21(16-22)18-29/h4,6,9-10,12-13,16,20,32H,2-3,5,7-8,11,14-15,17,19H2,1H3,(H,30,33). The number of fused-ring (bicyclic) bond motifs is 3. The number of aliphatic hydroxyl groups is 1. The number of unbranched alkanes of at least 4 members (excludes halogenated alkanes) is 1. The number of hydrogen-bond acceptors (Lipinski definition) is 3. The number of carbonyl (C=O) groups excluding carboxylic acids is 1. The number of aryl methyl sites for hydroxylation is 1. The average molecular weight is 444 g/mol. The molecule has 0 saturated carbocycles. The number of para-hydroxylation sites is 1. The minimum absolute atomic E-state index is 0.0840. The Bertz CT molecular complexity index is 1170. The van der Waals surface area contributed by atoms with Gasteiger partial charge >= 0.3 is 0 Å². The molecular weight excluding hydrogens is 410 g/mol. The maximum Gasteiger partial charge on any atom is 0.253 e. The summed E-state index contributed by atoms with van der Waals surface area (Å²) in [4.78, 5) is 13.0. The summed E-state index contributed by atoms with van der Waals surface area (Å²) in [6, 6.07) is 16.0. The highest BCUT2D eigenvalue weighted by molar-refractivity contribution is 6.07. The van der Waals surface area contributed by atoms with Gasteiger partial charge in [0.05, 0.1) is 29.3 Å². The number of carbonyl (C=O) groups is 1. The Morgan fingerprint density at radius 2 is 2.12 bits per heavy atom. The first-order valence-corrected chi connectivity index (χ1v) is 12.2. The van der Waals surface area contributed by atoms with Crippen LogP contribution in [0, 0.1) is 17.2 Å². The number of hydrogen-bond donors (Lipinski definition) is 2. The number of aromatic nitrogens is 1. The molecule has 1 aliphatic carbocycles. The van der Waals surface area contributed by atoms with E-state index in [0.717, 1.165) is 29.3 Å². The van der Waals surface area contributed by atoms with Gasteiger partial charge in [0.15, 0.2) is 0 Å². The summed E-state index contributed by atoms with van der Waals surface area (Å²) in [6.07, 6.45) is 8.18. The molecule has 0 aliphatic heterocycles. The van der Waals surface area contributed by atoms with E-state index in [4.69, 9.17) is 0 Å². The Kier molecular flexibility index (Phi) is 7.47. The molecule has 1 heterocycles. The van der Waals surface area contributed by atoms with E-state index >= 15 is 0 Å². The van der Waals surface area contributed by atoms with Gasteiger partial charge in [-0.2, -0.15) is 5.26 Å². The second-order valence-electron chi connectivity index (χ2n) is 9.11. The first kappa shape index (κ1) is 23.1. The number of rotatable bonds is 8. The Labute approximate surface area is 196 Å². The maximum atomic E-state index is 13.0. The summed E-state index contributed by atoms with van der Waals surface area (Å²) in [6.45, 7) is 3.03. The van der Waals surface area contributed by atoms with Gasteiger partial charge in [-0.1, -0.05) is 50.5 Å². The topological polar surface area (TPSA) is 78.0 Å². The fourth-order valence-corrected chi connectivity index (χ4v) is 5.27. The average Bonchev–Trinajstić information content (AvgIpc) is 2.98. The second-order valence-corrected chi connectivity index (χ2v) is 9.11. The third-order valence-electron chi connectivity index (χ3n) is 6.83. The highest BCUT2D eigenvalue weighted by Crippen LogP contribution is 2.36. The highest BCUT2D eigenvalue weighted by Gasteiger charge is 2.26. The van der Waals surface area contributed by atoms with E-state index in [1.165, 1.54) is 43.4 Å². The first-order chi connectivity index (χ1) is 16.2. The fourth-order valence-electron chi connectivity index (χ4n) is 5.27. The van der Waals surface area contributed by atoms with Gasteiger partial charge in [-0.15, -0.1) is 0 Å². The Balaban J connectivity index is 1.86. The lowest BCUT2D eigenvalue weighted by molar-refractivity contribution is 0.0946. The van der Waals surface area contributed by atoms with E-state index in [-0.39, 0.29) is 19.1 Å². The van der Waals surface area contributed by atoms with Crippen molar-refractivity contribution in [3.63, 3.8) is 0 Å². The number of nitrogens with zero attached hydrogens (tertiary/aromatic N) is 2. The first-order valence-electron chi connectivity index (χ1n) is 12.2. The Hall–Kier alpha value is -3.10. The third kappa shape index (κ3) is 4.96. The SMILES string of the molecule is CCCCC1CCCc2c(n(Cc3cccc(C#N)c3)c3c(C(=O)NCCO)cccc23)C1. The molecule has 0 spiro atoms.